The summed E-state index contributed by atoms with van der Waals surface area (Å²) in [5.74, 6) is 0. The highest BCUT2D eigenvalue weighted by Crippen LogP contribution is 2.31. The van der Waals surface area contributed by atoms with Crippen LogP contribution in [0.15, 0.2) is 42.6 Å². The molecule has 24 heavy (non-hydrogen) atoms. The fraction of sp³-hybridized carbons (Fsp3) is 0.389. The van der Waals surface area contributed by atoms with Crippen LogP contribution in [0.2, 0.25) is 5.15 Å². The SMILES string of the molecule is Clc1ccc(C2CC(c3ccc(C4CNCCO4)cc3)NN2)cn1. The summed E-state index contributed by atoms with van der Waals surface area (Å²) in [5.41, 5.74) is 10.4. The van der Waals surface area contributed by atoms with Crippen molar-refractivity contribution in [2.75, 3.05) is 19.7 Å². The van der Waals surface area contributed by atoms with Crippen LogP contribution in [0.3, 0.4) is 0 Å². The van der Waals surface area contributed by atoms with E-state index in [9.17, 15) is 0 Å². The number of ether oxygens (including phenoxy) is 1. The average Bonchev–Trinajstić information content (AvgIpc) is 3.13. The Bertz CT molecular complexity index is 670. The molecule has 4 rings (SSSR count). The normalized spacial score (nSPS) is 27.3. The molecule has 2 aromatic rings. The van der Waals surface area contributed by atoms with Crippen molar-refractivity contribution in [1.29, 1.82) is 0 Å². The van der Waals surface area contributed by atoms with Crippen LogP contribution in [0.5, 0.6) is 0 Å². The molecule has 2 fully saturated rings. The molecule has 0 bridgehead atoms. The lowest BCUT2D eigenvalue weighted by molar-refractivity contribution is 0.0277. The van der Waals surface area contributed by atoms with E-state index in [4.69, 9.17) is 16.3 Å². The number of hydrogen-bond acceptors (Lipinski definition) is 5. The van der Waals surface area contributed by atoms with Crippen molar-refractivity contribution in [2.45, 2.75) is 24.6 Å². The highest BCUT2D eigenvalue weighted by Gasteiger charge is 2.26. The van der Waals surface area contributed by atoms with Crippen molar-refractivity contribution in [3.63, 3.8) is 0 Å². The van der Waals surface area contributed by atoms with E-state index in [0.717, 1.165) is 31.7 Å². The molecule has 2 aliphatic rings. The van der Waals surface area contributed by atoms with Gasteiger partial charge < -0.3 is 10.1 Å². The lowest BCUT2D eigenvalue weighted by Crippen LogP contribution is -2.33. The largest absolute Gasteiger partial charge is 0.371 e. The van der Waals surface area contributed by atoms with Crippen LogP contribution in [-0.2, 0) is 4.74 Å². The monoisotopic (exact) mass is 344 g/mol. The summed E-state index contributed by atoms with van der Waals surface area (Å²) in [6, 6.07) is 13.1. The van der Waals surface area contributed by atoms with E-state index in [1.165, 1.54) is 11.1 Å². The average molecular weight is 345 g/mol. The summed E-state index contributed by atoms with van der Waals surface area (Å²) >= 11 is 5.86. The van der Waals surface area contributed by atoms with Crippen LogP contribution in [0, 0.1) is 0 Å². The van der Waals surface area contributed by atoms with Crippen molar-refractivity contribution < 1.29 is 4.74 Å². The topological polar surface area (TPSA) is 58.2 Å². The molecule has 1 aromatic carbocycles. The van der Waals surface area contributed by atoms with E-state index in [1.54, 1.807) is 0 Å². The zero-order chi connectivity index (χ0) is 16.4. The van der Waals surface area contributed by atoms with Gasteiger partial charge in [0, 0.05) is 31.4 Å². The maximum Gasteiger partial charge on any atom is 0.129 e. The fourth-order valence-corrected chi connectivity index (χ4v) is 3.42. The first-order valence-corrected chi connectivity index (χ1v) is 8.72. The molecule has 1 aromatic heterocycles. The van der Waals surface area contributed by atoms with Gasteiger partial charge in [-0.05, 0) is 29.2 Å². The lowest BCUT2D eigenvalue weighted by Gasteiger charge is -2.24. The molecule has 5 nitrogen and oxygen atoms in total. The second-order valence-electron chi connectivity index (χ2n) is 6.27. The number of hydrazine groups is 1. The minimum absolute atomic E-state index is 0.162. The molecule has 0 spiro atoms. The van der Waals surface area contributed by atoms with E-state index in [2.05, 4.69) is 45.4 Å². The van der Waals surface area contributed by atoms with Crippen LogP contribution in [0.4, 0.5) is 0 Å². The summed E-state index contributed by atoms with van der Waals surface area (Å²) in [6.45, 7) is 2.60. The van der Waals surface area contributed by atoms with E-state index in [0.29, 0.717) is 5.15 Å². The number of nitrogens with one attached hydrogen (secondary N) is 3. The predicted octanol–water partition coefficient (Wildman–Crippen LogP) is 2.68. The fourth-order valence-electron chi connectivity index (χ4n) is 3.31. The van der Waals surface area contributed by atoms with Crippen molar-refractivity contribution in [2.24, 2.45) is 0 Å². The van der Waals surface area contributed by atoms with Crippen molar-refractivity contribution >= 4 is 11.6 Å². The van der Waals surface area contributed by atoms with Crippen LogP contribution >= 0.6 is 11.6 Å². The van der Waals surface area contributed by atoms with Crippen molar-refractivity contribution in [1.82, 2.24) is 21.2 Å². The summed E-state index contributed by atoms with van der Waals surface area (Å²) in [7, 11) is 0. The van der Waals surface area contributed by atoms with Gasteiger partial charge in [0.05, 0.1) is 12.7 Å². The quantitative estimate of drug-likeness (QED) is 0.747. The first kappa shape index (κ1) is 16.0. The number of pyridine rings is 1. The molecular formula is C18H21ClN4O. The Morgan fingerprint density at radius 1 is 0.958 bits per heavy atom. The predicted molar refractivity (Wildman–Crippen MR) is 93.6 cm³/mol. The van der Waals surface area contributed by atoms with Gasteiger partial charge in [0.1, 0.15) is 5.15 Å². The Morgan fingerprint density at radius 3 is 2.33 bits per heavy atom. The minimum Gasteiger partial charge on any atom is -0.371 e. The maximum atomic E-state index is 5.86. The highest BCUT2D eigenvalue weighted by molar-refractivity contribution is 6.29. The molecule has 6 heteroatoms. The molecule has 0 saturated carbocycles. The molecule has 3 unspecified atom stereocenters. The first-order valence-electron chi connectivity index (χ1n) is 8.34. The highest BCUT2D eigenvalue weighted by atomic mass is 35.5. The third-order valence-electron chi connectivity index (χ3n) is 4.69. The second-order valence-corrected chi connectivity index (χ2v) is 6.66. The zero-order valence-corrected chi connectivity index (χ0v) is 14.1. The number of rotatable bonds is 3. The Kier molecular flexibility index (Phi) is 4.78. The van der Waals surface area contributed by atoms with Gasteiger partial charge in [-0.15, -0.1) is 0 Å². The molecule has 0 radical (unpaired) electrons. The Balaban J connectivity index is 1.42. The maximum absolute atomic E-state index is 5.86. The third-order valence-corrected chi connectivity index (χ3v) is 4.92. The number of hydrogen-bond donors (Lipinski definition) is 3. The summed E-state index contributed by atoms with van der Waals surface area (Å²) < 4.78 is 5.81. The van der Waals surface area contributed by atoms with Crippen molar-refractivity contribution in [3.8, 4) is 0 Å². The minimum atomic E-state index is 0.162. The molecular weight excluding hydrogens is 324 g/mol. The van der Waals surface area contributed by atoms with E-state index < -0.39 is 0 Å². The molecule has 3 heterocycles. The van der Waals surface area contributed by atoms with Gasteiger partial charge in [0.25, 0.3) is 0 Å². The van der Waals surface area contributed by atoms with Gasteiger partial charge in [-0.1, -0.05) is 41.9 Å². The van der Waals surface area contributed by atoms with E-state index >= 15 is 0 Å². The Morgan fingerprint density at radius 2 is 1.67 bits per heavy atom. The van der Waals surface area contributed by atoms with Crippen LogP contribution in [-0.4, -0.2) is 24.7 Å². The first-order chi connectivity index (χ1) is 11.8. The summed E-state index contributed by atoms with van der Waals surface area (Å²) in [6.07, 6.45) is 2.97. The van der Waals surface area contributed by atoms with Crippen LogP contribution < -0.4 is 16.2 Å². The Hall–Kier alpha value is -1.50. The lowest BCUT2D eigenvalue weighted by atomic mass is 9.97. The number of morpholine rings is 1. The van der Waals surface area contributed by atoms with Crippen LogP contribution in [0.25, 0.3) is 0 Å². The van der Waals surface area contributed by atoms with E-state index in [-0.39, 0.29) is 18.2 Å². The second kappa shape index (κ2) is 7.17. The summed E-state index contributed by atoms with van der Waals surface area (Å²) in [5, 5.41) is 3.89. The molecule has 126 valence electrons. The molecule has 3 N–H and O–H groups in total. The van der Waals surface area contributed by atoms with Gasteiger partial charge in [0.15, 0.2) is 0 Å². The molecule has 0 amide bonds. The molecule has 2 saturated heterocycles. The van der Waals surface area contributed by atoms with Gasteiger partial charge in [-0.3, -0.25) is 0 Å². The smallest absolute Gasteiger partial charge is 0.129 e. The van der Waals surface area contributed by atoms with Gasteiger partial charge >= 0.3 is 0 Å². The van der Waals surface area contributed by atoms with E-state index in [1.807, 2.05) is 18.3 Å². The molecule has 3 atom stereocenters. The standard InChI is InChI=1S/C18H21ClN4O/c19-18-6-5-14(10-21-18)16-9-15(22-23-16)12-1-3-13(4-2-12)17-11-20-7-8-24-17/h1-6,10,15-17,20,22-23H,7-9,11H2. The number of aromatic nitrogens is 1. The van der Waals surface area contributed by atoms with Crippen molar-refractivity contribution in [3.05, 3.63) is 64.4 Å². The number of benzene rings is 1. The number of nitrogens with zero attached hydrogens (tertiary/aromatic N) is 1. The summed E-state index contributed by atoms with van der Waals surface area (Å²) in [4.78, 5) is 4.16. The molecule has 0 aliphatic carbocycles. The third kappa shape index (κ3) is 3.45. The van der Waals surface area contributed by atoms with Gasteiger partial charge in [0.2, 0.25) is 0 Å². The van der Waals surface area contributed by atoms with Gasteiger partial charge in [-0.25, -0.2) is 15.8 Å². The molecule has 2 aliphatic heterocycles. The van der Waals surface area contributed by atoms with Gasteiger partial charge in [-0.2, -0.15) is 0 Å². The zero-order valence-electron chi connectivity index (χ0n) is 13.3. The van der Waals surface area contributed by atoms with Crippen LogP contribution in [0.1, 0.15) is 41.3 Å². The number of halogens is 1. The Labute approximate surface area is 146 Å².